The zero-order valence-electron chi connectivity index (χ0n) is 7.22. The van der Waals surface area contributed by atoms with Gasteiger partial charge in [-0.05, 0) is 31.7 Å². The second kappa shape index (κ2) is 3.92. The number of hydrogen-bond acceptors (Lipinski definition) is 2. The molecule has 1 aliphatic rings. The first-order valence-corrected chi connectivity index (χ1v) is 4.26. The van der Waals surface area contributed by atoms with Crippen molar-refractivity contribution in [2.24, 2.45) is 0 Å². The first-order valence-electron chi connectivity index (χ1n) is 4.26. The van der Waals surface area contributed by atoms with Crippen LogP contribution >= 0.6 is 0 Å². The number of nitrogens with zero attached hydrogens (tertiary/aromatic N) is 2. The highest BCUT2D eigenvalue weighted by molar-refractivity contribution is 5.46. The first kappa shape index (κ1) is 8.75. The minimum Gasteiger partial charge on any atom is -0.394 e. The molecule has 2 rings (SSSR count). The maximum absolute atomic E-state index is 8.70. The van der Waals surface area contributed by atoms with Gasteiger partial charge in [-0.1, -0.05) is 0 Å². The van der Waals surface area contributed by atoms with Crippen molar-refractivity contribution in [1.29, 1.82) is 0 Å². The van der Waals surface area contributed by atoms with Crippen molar-refractivity contribution in [1.82, 2.24) is 9.78 Å². The van der Waals surface area contributed by atoms with Gasteiger partial charge in [-0.3, -0.25) is 4.68 Å². The maximum atomic E-state index is 8.70. The van der Waals surface area contributed by atoms with Crippen molar-refractivity contribution in [2.45, 2.75) is 6.54 Å². The van der Waals surface area contributed by atoms with E-state index in [1.54, 1.807) is 4.68 Å². The Balaban J connectivity index is 2.03. The van der Waals surface area contributed by atoms with E-state index in [1.165, 1.54) is 0 Å². The lowest BCUT2D eigenvalue weighted by molar-refractivity contribution is 0.269. The van der Waals surface area contributed by atoms with Crippen LogP contribution in [0.15, 0.2) is 12.3 Å². The lowest BCUT2D eigenvalue weighted by Gasteiger charge is -2.02. The molecule has 3 heteroatoms. The first-order chi connectivity index (χ1) is 6.40. The minimum absolute atomic E-state index is 0.127. The molecule has 0 unspecified atom stereocenters. The number of rotatable bonds is 3. The van der Waals surface area contributed by atoms with Gasteiger partial charge in [-0.15, -0.1) is 0 Å². The molecule has 0 amide bonds. The summed E-state index contributed by atoms with van der Waals surface area (Å²) < 4.78 is 1.74. The Hall–Kier alpha value is -0.830. The van der Waals surface area contributed by atoms with Crippen molar-refractivity contribution in [2.75, 3.05) is 6.61 Å². The molecule has 1 aliphatic carbocycles. The predicted octanol–water partition coefficient (Wildman–Crippen LogP) is 0.629. The summed E-state index contributed by atoms with van der Waals surface area (Å²) in [4.78, 5) is 0. The van der Waals surface area contributed by atoms with Gasteiger partial charge in [0.15, 0.2) is 0 Å². The van der Waals surface area contributed by atoms with Gasteiger partial charge in [-0.25, -0.2) is 0 Å². The third kappa shape index (κ3) is 1.91. The summed E-state index contributed by atoms with van der Waals surface area (Å²) in [5.74, 6) is 1.12. The third-order valence-corrected chi connectivity index (χ3v) is 1.93. The van der Waals surface area contributed by atoms with Crippen LogP contribution in [-0.4, -0.2) is 21.5 Å². The largest absolute Gasteiger partial charge is 0.394 e. The van der Waals surface area contributed by atoms with Crippen molar-refractivity contribution >= 4 is 0 Å². The van der Waals surface area contributed by atoms with E-state index in [2.05, 4.69) is 5.10 Å². The quantitative estimate of drug-likeness (QED) is 0.731. The fourth-order valence-electron chi connectivity index (χ4n) is 1.29. The molecular formula is C10H11N2O. The number of aliphatic hydroxyl groups is 1. The maximum Gasteiger partial charge on any atom is 0.0702 e. The molecule has 0 aliphatic heterocycles. The van der Waals surface area contributed by atoms with Gasteiger partial charge in [0, 0.05) is 12.1 Å². The molecule has 5 radical (unpaired) electrons. The molecule has 67 valence electrons. The SMILES string of the molecule is OCCn1ccc([C]2[CH][CH][CH][CH]2)n1. The van der Waals surface area contributed by atoms with Gasteiger partial charge in [0.25, 0.3) is 0 Å². The molecule has 0 spiro atoms. The molecule has 0 bridgehead atoms. The summed E-state index contributed by atoms with van der Waals surface area (Å²) in [6.07, 6.45) is 9.89. The standard InChI is InChI=1S/C10H11N2O/c13-8-7-12-6-5-10(11-12)9-3-1-2-4-9/h1-6,13H,7-8H2. The predicted molar refractivity (Wildman–Crippen MR) is 48.9 cm³/mol. The smallest absolute Gasteiger partial charge is 0.0702 e. The van der Waals surface area contributed by atoms with Crippen LogP contribution in [0.5, 0.6) is 0 Å². The molecule has 1 heterocycles. The molecule has 3 nitrogen and oxygen atoms in total. The lowest BCUT2D eigenvalue weighted by Crippen LogP contribution is -2.04. The van der Waals surface area contributed by atoms with Crippen molar-refractivity contribution < 1.29 is 5.11 Å². The summed E-state index contributed by atoms with van der Waals surface area (Å²) in [5, 5.41) is 13.0. The van der Waals surface area contributed by atoms with E-state index in [-0.39, 0.29) is 6.61 Å². The Kier molecular flexibility index (Phi) is 2.64. The summed E-state index contributed by atoms with van der Waals surface area (Å²) in [6.45, 7) is 0.683. The van der Waals surface area contributed by atoms with Gasteiger partial charge < -0.3 is 5.11 Å². The molecule has 13 heavy (non-hydrogen) atoms. The molecule has 0 saturated heterocycles. The number of aliphatic hydroxyl groups excluding tert-OH is 1. The molecule has 1 aromatic heterocycles. The van der Waals surface area contributed by atoms with E-state index in [0.717, 1.165) is 11.6 Å². The van der Waals surface area contributed by atoms with Gasteiger partial charge in [0.1, 0.15) is 0 Å². The number of hydrogen-bond donors (Lipinski definition) is 1. The van der Waals surface area contributed by atoms with Crippen LogP contribution in [0.2, 0.25) is 0 Å². The van der Waals surface area contributed by atoms with E-state index in [9.17, 15) is 0 Å². The van der Waals surface area contributed by atoms with E-state index in [1.807, 2.05) is 37.9 Å². The van der Waals surface area contributed by atoms with E-state index in [0.29, 0.717) is 6.54 Å². The molecular weight excluding hydrogens is 164 g/mol. The Morgan fingerprint density at radius 1 is 1.31 bits per heavy atom. The zero-order valence-corrected chi connectivity index (χ0v) is 7.22. The second-order valence-electron chi connectivity index (χ2n) is 2.86. The van der Waals surface area contributed by atoms with Crippen LogP contribution in [0.4, 0.5) is 0 Å². The molecule has 0 atom stereocenters. The Morgan fingerprint density at radius 3 is 2.77 bits per heavy atom. The van der Waals surface area contributed by atoms with Crippen LogP contribution in [-0.2, 0) is 6.54 Å². The Morgan fingerprint density at radius 2 is 2.08 bits per heavy atom. The Bertz CT molecular complexity index is 264. The zero-order chi connectivity index (χ0) is 9.10. The molecule has 0 aromatic carbocycles. The van der Waals surface area contributed by atoms with Crippen LogP contribution < -0.4 is 0 Å². The van der Waals surface area contributed by atoms with Gasteiger partial charge in [-0.2, -0.15) is 5.10 Å². The molecule has 1 aromatic rings. The monoisotopic (exact) mass is 175 g/mol. The Labute approximate surface area is 78.4 Å². The summed E-state index contributed by atoms with van der Waals surface area (Å²) in [5.41, 5.74) is 0.957. The van der Waals surface area contributed by atoms with Gasteiger partial charge in [0.05, 0.1) is 18.8 Å². The second-order valence-corrected chi connectivity index (χ2v) is 2.86. The van der Waals surface area contributed by atoms with E-state index in [4.69, 9.17) is 5.11 Å². The molecule has 1 saturated carbocycles. The highest BCUT2D eigenvalue weighted by Gasteiger charge is 2.20. The van der Waals surface area contributed by atoms with Crippen LogP contribution in [0.1, 0.15) is 5.69 Å². The average Bonchev–Trinajstić information content (AvgIpc) is 2.70. The molecule has 1 N–H and O–H groups in total. The lowest BCUT2D eigenvalue weighted by atomic mass is 10.1. The summed E-state index contributed by atoms with van der Waals surface area (Å²) in [7, 11) is 0. The van der Waals surface area contributed by atoms with E-state index >= 15 is 0 Å². The van der Waals surface area contributed by atoms with E-state index < -0.39 is 0 Å². The van der Waals surface area contributed by atoms with Gasteiger partial charge >= 0.3 is 0 Å². The fraction of sp³-hybridized carbons (Fsp3) is 0.200. The fourth-order valence-corrected chi connectivity index (χ4v) is 1.29. The summed E-state index contributed by atoms with van der Waals surface area (Å²) >= 11 is 0. The highest BCUT2D eigenvalue weighted by Crippen LogP contribution is 2.28. The number of aromatic nitrogens is 2. The topological polar surface area (TPSA) is 38.0 Å². The minimum atomic E-state index is 0.127. The molecule has 1 fully saturated rings. The van der Waals surface area contributed by atoms with Crippen molar-refractivity contribution in [3.63, 3.8) is 0 Å². The normalized spacial score (nSPS) is 18.2. The summed E-state index contributed by atoms with van der Waals surface area (Å²) in [6, 6.07) is 1.95. The van der Waals surface area contributed by atoms with Crippen LogP contribution in [0.25, 0.3) is 0 Å². The van der Waals surface area contributed by atoms with Crippen molar-refractivity contribution in [3.8, 4) is 0 Å². The third-order valence-electron chi connectivity index (χ3n) is 1.93. The van der Waals surface area contributed by atoms with Crippen LogP contribution in [0, 0.1) is 31.6 Å². The van der Waals surface area contributed by atoms with Crippen LogP contribution in [0.3, 0.4) is 0 Å². The highest BCUT2D eigenvalue weighted by atomic mass is 16.3. The average molecular weight is 175 g/mol. The van der Waals surface area contributed by atoms with Crippen molar-refractivity contribution in [3.05, 3.63) is 49.6 Å². The van der Waals surface area contributed by atoms with Gasteiger partial charge in [0.2, 0.25) is 0 Å².